The summed E-state index contributed by atoms with van der Waals surface area (Å²) in [4.78, 5) is 2.22. The number of rotatable bonds is 3. The molecule has 1 aliphatic carbocycles. The summed E-state index contributed by atoms with van der Waals surface area (Å²) in [5.74, 6) is 0. The number of para-hydroxylation sites is 2. The van der Waals surface area contributed by atoms with Crippen LogP contribution in [0.4, 0.5) is 11.4 Å². The number of nitrogens with two attached hydrogens (primary N) is 1. The minimum Gasteiger partial charge on any atom is -0.315 e. The molecule has 4 aromatic rings. The van der Waals surface area contributed by atoms with Crippen LogP contribution in [0.15, 0.2) is 103 Å². The molecule has 2 N–H and O–H groups in total. The van der Waals surface area contributed by atoms with Crippen molar-refractivity contribution in [2.75, 3.05) is 4.90 Å². The highest BCUT2D eigenvalue weighted by Gasteiger charge is 2.37. The van der Waals surface area contributed by atoms with E-state index in [0.717, 1.165) is 16.9 Å². The van der Waals surface area contributed by atoms with Gasteiger partial charge in [0, 0.05) is 16.9 Å². The number of benzene rings is 4. The van der Waals surface area contributed by atoms with E-state index in [1.807, 2.05) is 12.1 Å². The number of anilines is 2. The van der Waals surface area contributed by atoms with E-state index < -0.39 is 5.66 Å². The molecule has 1 unspecified atom stereocenters. The SMILES string of the molecule is NC1(N(c2ccccc2)c2ccccc2)C=Cc2cccc3cccc1c23. The molecule has 0 saturated heterocycles. The summed E-state index contributed by atoms with van der Waals surface area (Å²) >= 11 is 0. The lowest BCUT2D eigenvalue weighted by Gasteiger charge is -2.43. The molecule has 2 nitrogen and oxygen atoms in total. The van der Waals surface area contributed by atoms with E-state index in [2.05, 4.69) is 102 Å². The molecule has 4 aromatic carbocycles. The lowest BCUT2D eigenvalue weighted by molar-refractivity contribution is 0.577. The maximum absolute atomic E-state index is 7.18. The summed E-state index contributed by atoms with van der Waals surface area (Å²) in [7, 11) is 0. The van der Waals surface area contributed by atoms with Crippen molar-refractivity contribution in [3.63, 3.8) is 0 Å². The zero-order chi connectivity index (χ0) is 18.3. The fraction of sp³-hybridized carbons (Fsp3) is 0.0400. The normalized spacial score (nSPS) is 17.8. The first-order valence-electron chi connectivity index (χ1n) is 9.18. The van der Waals surface area contributed by atoms with Crippen molar-refractivity contribution in [3.8, 4) is 0 Å². The number of hydrogen-bond acceptors (Lipinski definition) is 2. The Morgan fingerprint density at radius 1 is 0.630 bits per heavy atom. The molecule has 0 heterocycles. The Kier molecular flexibility index (Phi) is 3.59. The van der Waals surface area contributed by atoms with Crippen LogP contribution in [0.2, 0.25) is 0 Å². The lowest BCUT2D eigenvalue weighted by atomic mass is 9.84. The van der Waals surface area contributed by atoms with Crippen LogP contribution in [-0.4, -0.2) is 0 Å². The van der Waals surface area contributed by atoms with Crippen LogP contribution < -0.4 is 10.6 Å². The Bertz CT molecular complexity index is 1090. The van der Waals surface area contributed by atoms with Gasteiger partial charge in [0.25, 0.3) is 0 Å². The van der Waals surface area contributed by atoms with Gasteiger partial charge in [-0.3, -0.25) is 0 Å². The van der Waals surface area contributed by atoms with E-state index in [1.165, 1.54) is 16.3 Å². The van der Waals surface area contributed by atoms with Gasteiger partial charge in [-0.05, 0) is 46.7 Å². The average molecular weight is 348 g/mol. The van der Waals surface area contributed by atoms with Crippen LogP contribution in [0.3, 0.4) is 0 Å². The predicted octanol–water partition coefficient (Wildman–Crippen LogP) is 5.82. The van der Waals surface area contributed by atoms with E-state index in [1.54, 1.807) is 0 Å². The Morgan fingerprint density at radius 2 is 1.22 bits per heavy atom. The zero-order valence-corrected chi connectivity index (χ0v) is 14.9. The first-order valence-corrected chi connectivity index (χ1v) is 9.18. The molecule has 0 saturated carbocycles. The third-order valence-electron chi connectivity index (χ3n) is 5.28. The molecule has 1 aliphatic rings. The monoisotopic (exact) mass is 348 g/mol. The van der Waals surface area contributed by atoms with Crippen LogP contribution in [0, 0.1) is 0 Å². The second-order valence-electron chi connectivity index (χ2n) is 6.92. The van der Waals surface area contributed by atoms with Gasteiger partial charge in [-0.15, -0.1) is 0 Å². The quantitative estimate of drug-likeness (QED) is 0.473. The van der Waals surface area contributed by atoms with Gasteiger partial charge in [0.2, 0.25) is 0 Å². The fourth-order valence-corrected chi connectivity index (χ4v) is 4.07. The summed E-state index contributed by atoms with van der Waals surface area (Å²) in [6.45, 7) is 0. The molecule has 0 aromatic heterocycles. The Labute approximate surface area is 159 Å². The molecular weight excluding hydrogens is 328 g/mol. The maximum atomic E-state index is 7.18. The molecule has 0 radical (unpaired) electrons. The summed E-state index contributed by atoms with van der Waals surface area (Å²) in [6, 6.07) is 33.5. The van der Waals surface area contributed by atoms with Crippen LogP contribution in [-0.2, 0) is 5.66 Å². The largest absolute Gasteiger partial charge is 0.315 e. The van der Waals surface area contributed by atoms with Crippen LogP contribution in [0.25, 0.3) is 16.8 Å². The molecule has 0 fully saturated rings. The molecule has 2 heteroatoms. The standard InChI is InChI=1S/C25H20N2/c26-25(18-17-20-10-7-9-19-11-8-16-23(25)24(19)20)27(21-12-3-1-4-13-21)22-14-5-2-6-15-22/h1-18H,26H2. The van der Waals surface area contributed by atoms with Gasteiger partial charge < -0.3 is 10.6 Å². The second-order valence-corrected chi connectivity index (χ2v) is 6.92. The van der Waals surface area contributed by atoms with Crippen molar-refractivity contribution in [3.05, 3.63) is 114 Å². The molecular formula is C25H20N2. The maximum Gasteiger partial charge on any atom is 0.139 e. The van der Waals surface area contributed by atoms with Crippen molar-refractivity contribution in [1.82, 2.24) is 0 Å². The van der Waals surface area contributed by atoms with E-state index in [4.69, 9.17) is 5.73 Å². The highest BCUT2D eigenvalue weighted by molar-refractivity contribution is 5.97. The Hall–Kier alpha value is -3.36. The van der Waals surface area contributed by atoms with Crippen LogP contribution >= 0.6 is 0 Å². The summed E-state index contributed by atoms with van der Waals surface area (Å²) in [5.41, 5.74) is 10.8. The molecule has 0 aliphatic heterocycles. The van der Waals surface area contributed by atoms with Crippen molar-refractivity contribution in [1.29, 1.82) is 0 Å². The zero-order valence-electron chi connectivity index (χ0n) is 14.9. The van der Waals surface area contributed by atoms with Crippen LogP contribution in [0.5, 0.6) is 0 Å². The van der Waals surface area contributed by atoms with Gasteiger partial charge in [0.05, 0.1) is 0 Å². The van der Waals surface area contributed by atoms with Gasteiger partial charge in [-0.2, -0.15) is 0 Å². The van der Waals surface area contributed by atoms with Crippen molar-refractivity contribution >= 4 is 28.2 Å². The summed E-state index contributed by atoms with van der Waals surface area (Å²) in [5, 5.41) is 2.44. The predicted molar refractivity (Wildman–Crippen MR) is 114 cm³/mol. The first kappa shape index (κ1) is 15.9. The van der Waals surface area contributed by atoms with Gasteiger partial charge in [0.1, 0.15) is 5.66 Å². The third-order valence-corrected chi connectivity index (χ3v) is 5.28. The van der Waals surface area contributed by atoms with Gasteiger partial charge >= 0.3 is 0 Å². The van der Waals surface area contributed by atoms with Crippen molar-refractivity contribution in [2.24, 2.45) is 5.73 Å². The number of nitrogens with zero attached hydrogens (tertiary/aromatic N) is 1. The Morgan fingerprint density at radius 3 is 1.85 bits per heavy atom. The molecule has 5 rings (SSSR count). The molecule has 0 bridgehead atoms. The van der Waals surface area contributed by atoms with E-state index in [0.29, 0.717) is 0 Å². The highest BCUT2D eigenvalue weighted by atomic mass is 15.3. The molecule has 0 amide bonds. The van der Waals surface area contributed by atoms with Crippen molar-refractivity contribution in [2.45, 2.75) is 5.66 Å². The third kappa shape index (κ3) is 2.46. The van der Waals surface area contributed by atoms with E-state index in [9.17, 15) is 0 Å². The van der Waals surface area contributed by atoms with Gasteiger partial charge in [-0.1, -0.05) is 78.9 Å². The van der Waals surface area contributed by atoms with Gasteiger partial charge in [-0.25, -0.2) is 0 Å². The summed E-state index contributed by atoms with van der Waals surface area (Å²) < 4.78 is 0. The van der Waals surface area contributed by atoms with Crippen LogP contribution in [0.1, 0.15) is 11.1 Å². The van der Waals surface area contributed by atoms with E-state index in [-0.39, 0.29) is 0 Å². The molecule has 1 atom stereocenters. The number of hydrogen-bond donors (Lipinski definition) is 1. The minimum atomic E-state index is -0.781. The fourth-order valence-electron chi connectivity index (χ4n) is 4.07. The first-order chi connectivity index (χ1) is 13.3. The average Bonchev–Trinajstić information content (AvgIpc) is 2.73. The topological polar surface area (TPSA) is 29.3 Å². The highest BCUT2D eigenvalue weighted by Crippen LogP contribution is 2.43. The second kappa shape index (κ2) is 6.11. The lowest BCUT2D eigenvalue weighted by Crippen LogP contribution is -2.50. The smallest absolute Gasteiger partial charge is 0.139 e. The van der Waals surface area contributed by atoms with E-state index >= 15 is 0 Å². The van der Waals surface area contributed by atoms with Gasteiger partial charge in [0.15, 0.2) is 0 Å². The molecule has 0 spiro atoms. The molecule has 130 valence electrons. The van der Waals surface area contributed by atoms with Crippen molar-refractivity contribution < 1.29 is 0 Å². The summed E-state index contributed by atoms with van der Waals surface area (Å²) in [6.07, 6.45) is 4.26. The molecule has 27 heavy (non-hydrogen) atoms. The minimum absolute atomic E-state index is 0.781. The Balaban J connectivity index is 1.80.